The third-order valence-electron chi connectivity index (χ3n) is 3.36. The molecule has 22 heavy (non-hydrogen) atoms. The van der Waals surface area contributed by atoms with E-state index in [0.29, 0.717) is 0 Å². The number of esters is 2. The molecule has 1 aliphatic heterocycles. The van der Waals surface area contributed by atoms with Crippen molar-refractivity contribution in [1.82, 2.24) is 9.80 Å². The van der Waals surface area contributed by atoms with Crippen LogP contribution in [-0.2, 0) is 28.7 Å². The van der Waals surface area contributed by atoms with Gasteiger partial charge in [-0.3, -0.25) is 19.2 Å². The summed E-state index contributed by atoms with van der Waals surface area (Å²) in [5, 5.41) is 0. The van der Waals surface area contributed by atoms with Gasteiger partial charge in [-0.15, -0.1) is 25.3 Å². The van der Waals surface area contributed by atoms with Gasteiger partial charge in [-0.25, -0.2) is 0 Å². The Kier molecular flexibility index (Phi) is 5.39. The number of rotatable bonds is 4. The van der Waals surface area contributed by atoms with E-state index in [2.05, 4.69) is 25.3 Å². The SMILES string of the molecule is CC(=O)OCC1(S)C(=O)N(C)[C@](S)(COC(C)=O)C(=O)N1C. The summed E-state index contributed by atoms with van der Waals surface area (Å²) in [5.41, 5.74) is 0. The first-order chi connectivity index (χ1) is 9.96. The van der Waals surface area contributed by atoms with E-state index in [4.69, 9.17) is 9.47 Å². The van der Waals surface area contributed by atoms with Crippen LogP contribution in [0.1, 0.15) is 13.8 Å². The summed E-state index contributed by atoms with van der Waals surface area (Å²) in [6, 6.07) is 0. The highest BCUT2D eigenvalue weighted by molar-refractivity contribution is 7.83. The van der Waals surface area contributed by atoms with Gasteiger partial charge in [0.2, 0.25) is 0 Å². The molecule has 0 saturated carbocycles. The fourth-order valence-corrected chi connectivity index (χ4v) is 2.49. The Morgan fingerprint density at radius 3 is 1.41 bits per heavy atom. The van der Waals surface area contributed by atoms with Crippen LogP contribution in [-0.4, -0.2) is 70.6 Å². The predicted molar refractivity (Wildman–Crippen MR) is 82.2 cm³/mol. The summed E-state index contributed by atoms with van der Waals surface area (Å²) in [5.74, 6) is -2.43. The molecule has 0 aromatic rings. The molecule has 1 saturated heterocycles. The van der Waals surface area contributed by atoms with Crippen LogP contribution in [0.15, 0.2) is 0 Å². The molecule has 0 aromatic heterocycles. The Bertz CT molecular complexity index is 482. The first-order valence-corrected chi connectivity index (χ1v) is 7.14. The Morgan fingerprint density at radius 2 is 1.18 bits per heavy atom. The highest BCUT2D eigenvalue weighted by Crippen LogP contribution is 2.36. The van der Waals surface area contributed by atoms with Gasteiger partial charge in [0.1, 0.15) is 13.2 Å². The monoisotopic (exact) mass is 350 g/mol. The van der Waals surface area contributed by atoms with Crippen molar-refractivity contribution in [2.75, 3.05) is 27.3 Å². The smallest absolute Gasteiger partial charge is 0.302 e. The number of piperazine rings is 1. The lowest BCUT2D eigenvalue weighted by Gasteiger charge is -2.50. The summed E-state index contributed by atoms with van der Waals surface area (Å²) in [6.07, 6.45) is 0. The van der Waals surface area contributed by atoms with Crippen LogP contribution in [0.4, 0.5) is 0 Å². The number of thiol groups is 2. The molecule has 10 heteroatoms. The first kappa shape index (κ1) is 18.6. The third kappa shape index (κ3) is 3.17. The fourth-order valence-electron chi connectivity index (χ4n) is 1.88. The van der Waals surface area contributed by atoms with Gasteiger partial charge < -0.3 is 19.3 Å². The van der Waals surface area contributed by atoms with Crippen molar-refractivity contribution in [1.29, 1.82) is 0 Å². The van der Waals surface area contributed by atoms with Gasteiger partial charge in [-0.1, -0.05) is 0 Å². The average Bonchev–Trinajstić information content (AvgIpc) is 2.45. The molecule has 0 radical (unpaired) electrons. The number of carbonyl (C=O) groups is 4. The number of hydrogen-bond acceptors (Lipinski definition) is 8. The van der Waals surface area contributed by atoms with Crippen LogP contribution >= 0.6 is 25.3 Å². The van der Waals surface area contributed by atoms with Gasteiger partial charge in [-0.2, -0.15) is 0 Å². The van der Waals surface area contributed by atoms with Crippen molar-refractivity contribution < 1.29 is 28.7 Å². The van der Waals surface area contributed by atoms with Gasteiger partial charge in [0.15, 0.2) is 9.74 Å². The minimum Gasteiger partial charge on any atom is -0.462 e. The summed E-state index contributed by atoms with van der Waals surface area (Å²) in [4.78, 5) is 45.8. The molecule has 2 amide bonds. The molecule has 0 N–H and O–H groups in total. The van der Waals surface area contributed by atoms with Crippen LogP contribution in [0.3, 0.4) is 0 Å². The summed E-state index contributed by atoms with van der Waals surface area (Å²) in [6.45, 7) is 1.54. The molecular formula is C12H18N2O6S2. The molecular weight excluding hydrogens is 332 g/mol. The van der Waals surface area contributed by atoms with E-state index in [1.165, 1.54) is 27.9 Å². The van der Waals surface area contributed by atoms with Gasteiger partial charge in [0.05, 0.1) is 0 Å². The van der Waals surface area contributed by atoms with Crippen LogP contribution < -0.4 is 0 Å². The highest BCUT2D eigenvalue weighted by atomic mass is 32.1. The number of likely N-dealkylation sites (N-methyl/N-ethyl adjacent to an activating group) is 2. The quantitative estimate of drug-likeness (QED) is 0.514. The van der Waals surface area contributed by atoms with Gasteiger partial charge in [0.25, 0.3) is 11.8 Å². The van der Waals surface area contributed by atoms with E-state index in [9.17, 15) is 19.2 Å². The standard InChI is InChI=1S/C12H18N2O6S2/c1-7(15)19-5-11(21)9(17)14(4)12(22,6-20-8(2)16)10(18)13(11)3/h21-22H,5-6H2,1-4H3/t11-,12?/m0/s1. The summed E-state index contributed by atoms with van der Waals surface area (Å²) in [7, 11) is 2.67. The van der Waals surface area contributed by atoms with Crippen molar-refractivity contribution in [3.63, 3.8) is 0 Å². The van der Waals surface area contributed by atoms with E-state index in [1.807, 2.05) is 0 Å². The Labute approximate surface area is 138 Å². The maximum atomic E-state index is 12.6. The zero-order valence-corrected chi connectivity index (χ0v) is 14.4. The van der Waals surface area contributed by atoms with E-state index in [1.54, 1.807) is 0 Å². The van der Waals surface area contributed by atoms with E-state index in [0.717, 1.165) is 9.80 Å². The van der Waals surface area contributed by atoms with Crippen molar-refractivity contribution in [3.05, 3.63) is 0 Å². The number of ether oxygens (including phenoxy) is 2. The second-order valence-electron chi connectivity index (χ2n) is 4.92. The Hall–Kier alpha value is -1.42. The highest BCUT2D eigenvalue weighted by Gasteiger charge is 2.59. The number of nitrogens with zero attached hydrogens (tertiary/aromatic N) is 2. The van der Waals surface area contributed by atoms with Crippen LogP contribution in [0.2, 0.25) is 0 Å². The lowest BCUT2D eigenvalue weighted by molar-refractivity contribution is -0.172. The average molecular weight is 350 g/mol. The van der Waals surface area contributed by atoms with Crippen molar-refractivity contribution in [2.45, 2.75) is 23.6 Å². The third-order valence-corrected chi connectivity index (χ3v) is 4.60. The maximum absolute atomic E-state index is 12.6. The lowest BCUT2D eigenvalue weighted by atomic mass is 10.1. The van der Waals surface area contributed by atoms with E-state index in [-0.39, 0.29) is 0 Å². The second kappa shape index (κ2) is 6.37. The lowest BCUT2D eigenvalue weighted by Crippen LogP contribution is -2.74. The zero-order valence-electron chi connectivity index (χ0n) is 12.7. The van der Waals surface area contributed by atoms with Gasteiger partial charge in [-0.05, 0) is 0 Å². The topological polar surface area (TPSA) is 93.2 Å². The molecule has 124 valence electrons. The molecule has 0 aliphatic carbocycles. The molecule has 1 rings (SSSR count). The molecule has 1 aliphatic rings. The van der Waals surface area contributed by atoms with Crippen molar-refractivity contribution in [2.24, 2.45) is 0 Å². The van der Waals surface area contributed by atoms with Gasteiger partial charge >= 0.3 is 11.9 Å². The molecule has 0 bridgehead atoms. The van der Waals surface area contributed by atoms with E-state index < -0.39 is 46.7 Å². The molecule has 0 spiro atoms. The van der Waals surface area contributed by atoms with Crippen LogP contribution in [0.5, 0.6) is 0 Å². The Balaban J connectivity index is 3.10. The molecule has 8 nitrogen and oxygen atoms in total. The minimum absolute atomic E-state index is 0.408. The summed E-state index contributed by atoms with van der Waals surface area (Å²) >= 11 is 8.43. The zero-order chi connectivity index (χ0) is 17.3. The largest absolute Gasteiger partial charge is 0.462 e. The molecule has 1 unspecified atom stereocenters. The normalized spacial score (nSPS) is 28.6. The predicted octanol–water partition coefficient (Wildman–Crippen LogP) is -0.705. The van der Waals surface area contributed by atoms with Crippen LogP contribution in [0, 0.1) is 0 Å². The first-order valence-electron chi connectivity index (χ1n) is 6.25. The number of amides is 2. The van der Waals surface area contributed by atoms with Gasteiger partial charge in [0, 0.05) is 27.9 Å². The van der Waals surface area contributed by atoms with E-state index >= 15 is 0 Å². The van der Waals surface area contributed by atoms with Crippen molar-refractivity contribution in [3.8, 4) is 0 Å². The van der Waals surface area contributed by atoms with Crippen molar-refractivity contribution >= 4 is 49.0 Å². The molecule has 1 fully saturated rings. The molecule has 2 atom stereocenters. The number of hydrogen-bond donors (Lipinski definition) is 2. The molecule has 0 aromatic carbocycles. The minimum atomic E-state index is -1.65. The fraction of sp³-hybridized carbons (Fsp3) is 0.667. The second-order valence-corrected chi connectivity index (χ2v) is 6.40. The molecule has 1 heterocycles. The Morgan fingerprint density at radius 1 is 0.909 bits per heavy atom. The van der Waals surface area contributed by atoms with Crippen LogP contribution in [0.25, 0.3) is 0 Å². The number of carbonyl (C=O) groups excluding carboxylic acids is 4. The summed E-state index contributed by atoms with van der Waals surface area (Å²) < 4.78 is 9.64. The maximum Gasteiger partial charge on any atom is 0.302 e.